The standard InChI is InChI=1S/C18H21F3O/c1-2-3-11-4-6-12(7-5-11)13-8-9-14(15-10-22-15)17(19)16(13)18(20)21/h2-3,8-9,11-12,15,18H,4-7,10H2,1H3/b3-2+. The molecule has 22 heavy (non-hydrogen) atoms. The zero-order chi connectivity index (χ0) is 15.7. The average molecular weight is 310 g/mol. The molecule has 0 bridgehead atoms. The Balaban J connectivity index is 1.86. The Morgan fingerprint density at radius 2 is 1.77 bits per heavy atom. The molecular weight excluding hydrogens is 289 g/mol. The maximum absolute atomic E-state index is 14.5. The Kier molecular flexibility index (Phi) is 4.57. The second-order valence-corrected chi connectivity index (χ2v) is 6.23. The number of hydrogen-bond acceptors (Lipinski definition) is 1. The van der Waals surface area contributed by atoms with Gasteiger partial charge in [-0.1, -0.05) is 24.3 Å². The van der Waals surface area contributed by atoms with E-state index in [1.165, 1.54) is 0 Å². The van der Waals surface area contributed by atoms with Gasteiger partial charge in [-0.2, -0.15) is 0 Å². The number of hydrogen-bond donors (Lipinski definition) is 0. The molecule has 0 N–H and O–H groups in total. The molecule has 0 spiro atoms. The minimum atomic E-state index is -2.78. The van der Waals surface area contributed by atoms with E-state index in [9.17, 15) is 13.2 Å². The van der Waals surface area contributed by atoms with Crippen LogP contribution in [0.4, 0.5) is 13.2 Å². The second kappa shape index (κ2) is 6.45. The van der Waals surface area contributed by atoms with Gasteiger partial charge in [-0.3, -0.25) is 0 Å². The number of halogens is 3. The summed E-state index contributed by atoms with van der Waals surface area (Å²) >= 11 is 0. The van der Waals surface area contributed by atoms with Crippen LogP contribution >= 0.6 is 0 Å². The number of allylic oxidation sites excluding steroid dienone is 2. The van der Waals surface area contributed by atoms with Crippen LogP contribution in [0, 0.1) is 11.7 Å². The highest BCUT2D eigenvalue weighted by molar-refractivity contribution is 5.39. The molecule has 1 saturated carbocycles. The summed E-state index contributed by atoms with van der Waals surface area (Å²) in [4.78, 5) is 0. The first-order valence-corrected chi connectivity index (χ1v) is 7.96. The molecule has 1 aromatic rings. The quantitative estimate of drug-likeness (QED) is 0.514. The molecule has 0 aromatic heterocycles. The van der Waals surface area contributed by atoms with Crippen molar-refractivity contribution >= 4 is 0 Å². The maximum Gasteiger partial charge on any atom is 0.266 e. The van der Waals surface area contributed by atoms with Crippen LogP contribution in [0.2, 0.25) is 0 Å². The molecule has 0 amide bonds. The van der Waals surface area contributed by atoms with Crippen LogP contribution in [0.5, 0.6) is 0 Å². The van der Waals surface area contributed by atoms with Gasteiger partial charge in [-0.25, -0.2) is 13.2 Å². The van der Waals surface area contributed by atoms with Gasteiger partial charge in [0.15, 0.2) is 0 Å². The Morgan fingerprint density at radius 3 is 2.32 bits per heavy atom. The molecule has 0 radical (unpaired) electrons. The van der Waals surface area contributed by atoms with E-state index < -0.39 is 17.8 Å². The summed E-state index contributed by atoms with van der Waals surface area (Å²) in [6, 6.07) is 3.33. The highest BCUT2D eigenvalue weighted by atomic mass is 19.3. The molecule has 1 nitrogen and oxygen atoms in total. The molecule has 2 aliphatic rings. The fourth-order valence-corrected chi connectivity index (χ4v) is 3.57. The molecule has 1 atom stereocenters. The van der Waals surface area contributed by atoms with Crippen molar-refractivity contribution < 1.29 is 17.9 Å². The minimum absolute atomic E-state index is 0.0363. The van der Waals surface area contributed by atoms with Crippen molar-refractivity contribution in [1.29, 1.82) is 0 Å². The summed E-state index contributed by atoms with van der Waals surface area (Å²) in [6.07, 6.45) is 4.75. The third-order valence-corrected chi connectivity index (χ3v) is 4.82. The first-order chi connectivity index (χ1) is 10.6. The highest BCUT2D eigenvalue weighted by Crippen LogP contribution is 2.43. The molecule has 1 unspecified atom stereocenters. The summed E-state index contributed by atoms with van der Waals surface area (Å²) in [5, 5.41) is 0. The zero-order valence-electron chi connectivity index (χ0n) is 12.7. The predicted octanol–water partition coefficient (Wildman–Crippen LogP) is 5.68. The largest absolute Gasteiger partial charge is 0.368 e. The molecule has 1 aliphatic carbocycles. The molecule has 1 heterocycles. The third-order valence-electron chi connectivity index (χ3n) is 4.82. The Hall–Kier alpha value is -1.29. The fraction of sp³-hybridized carbons (Fsp3) is 0.556. The van der Waals surface area contributed by atoms with E-state index in [1.54, 1.807) is 12.1 Å². The van der Waals surface area contributed by atoms with Crippen LogP contribution in [-0.4, -0.2) is 6.61 Å². The normalized spacial score (nSPS) is 28.5. The van der Waals surface area contributed by atoms with Crippen LogP contribution in [0.3, 0.4) is 0 Å². The molecule has 1 aromatic carbocycles. The van der Waals surface area contributed by atoms with Crippen molar-refractivity contribution in [3.05, 3.63) is 46.8 Å². The van der Waals surface area contributed by atoms with Gasteiger partial charge in [0.2, 0.25) is 0 Å². The second-order valence-electron chi connectivity index (χ2n) is 6.23. The summed E-state index contributed by atoms with van der Waals surface area (Å²) in [7, 11) is 0. The summed E-state index contributed by atoms with van der Waals surface area (Å²) in [6.45, 7) is 2.42. The number of benzene rings is 1. The van der Waals surface area contributed by atoms with Crippen molar-refractivity contribution in [2.24, 2.45) is 5.92 Å². The molecular formula is C18H21F3O. The lowest BCUT2D eigenvalue weighted by Gasteiger charge is -2.29. The first kappa shape index (κ1) is 15.6. The van der Waals surface area contributed by atoms with Crippen LogP contribution in [0.1, 0.15) is 67.7 Å². The third kappa shape index (κ3) is 3.07. The molecule has 4 heteroatoms. The van der Waals surface area contributed by atoms with E-state index in [0.717, 1.165) is 25.7 Å². The lowest BCUT2D eigenvalue weighted by atomic mass is 9.77. The van der Waals surface area contributed by atoms with Crippen molar-refractivity contribution in [3.8, 4) is 0 Å². The lowest BCUT2D eigenvalue weighted by Crippen LogP contribution is -2.15. The molecule has 3 rings (SSSR count). The van der Waals surface area contributed by atoms with E-state index in [1.807, 2.05) is 13.0 Å². The van der Waals surface area contributed by atoms with E-state index in [2.05, 4.69) is 6.08 Å². The van der Waals surface area contributed by atoms with Crippen LogP contribution < -0.4 is 0 Å². The minimum Gasteiger partial charge on any atom is -0.368 e. The van der Waals surface area contributed by atoms with Gasteiger partial charge in [0, 0.05) is 5.56 Å². The Labute approximate surface area is 129 Å². The van der Waals surface area contributed by atoms with Crippen LogP contribution in [-0.2, 0) is 4.74 Å². The van der Waals surface area contributed by atoms with E-state index >= 15 is 0 Å². The van der Waals surface area contributed by atoms with E-state index in [-0.39, 0.29) is 17.6 Å². The number of alkyl halides is 2. The predicted molar refractivity (Wildman–Crippen MR) is 79.6 cm³/mol. The first-order valence-electron chi connectivity index (χ1n) is 7.96. The molecule has 2 fully saturated rings. The zero-order valence-corrected chi connectivity index (χ0v) is 12.7. The van der Waals surface area contributed by atoms with Crippen molar-refractivity contribution in [1.82, 2.24) is 0 Å². The highest BCUT2D eigenvalue weighted by Gasteiger charge is 2.34. The Morgan fingerprint density at radius 1 is 1.14 bits per heavy atom. The smallest absolute Gasteiger partial charge is 0.266 e. The lowest BCUT2D eigenvalue weighted by molar-refractivity contribution is 0.143. The van der Waals surface area contributed by atoms with Gasteiger partial charge >= 0.3 is 0 Å². The van der Waals surface area contributed by atoms with Crippen molar-refractivity contribution in [3.63, 3.8) is 0 Å². The average Bonchev–Trinajstić information content (AvgIpc) is 3.32. The summed E-state index contributed by atoms with van der Waals surface area (Å²) in [5.41, 5.74) is 0.375. The molecule has 1 saturated heterocycles. The number of epoxide rings is 1. The van der Waals surface area contributed by atoms with Crippen LogP contribution in [0.25, 0.3) is 0 Å². The summed E-state index contributed by atoms with van der Waals surface area (Å²) < 4.78 is 46.3. The molecule has 1 aliphatic heterocycles. The maximum atomic E-state index is 14.5. The fourth-order valence-electron chi connectivity index (χ4n) is 3.57. The topological polar surface area (TPSA) is 12.5 Å². The van der Waals surface area contributed by atoms with Gasteiger partial charge in [-0.05, 0) is 50.0 Å². The van der Waals surface area contributed by atoms with Crippen molar-refractivity contribution in [2.75, 3.05) is 6.61 Å². The van der Waals surface area contributed by atoms with Gasteiger partial charge in [0.25, 0.3) is 6.43 Å². The monoisotopic (exact) mass is 310 g/mol. The van der Waals surface area contributed by atoms with E-state index in [4.69, 9.17) is 4.74 Å². The number of rotatable bonds is 4. The SMILES string of the molecule is C/C=C/C1CCC(c2ccc(C3CO3)c(F)c2C(F)F)CC1. The van der Waals surface area contributed by atoms with E-state index in [0.29, 0.717) is 18.1 Å². The number of ether oxygens (including phenoxy) is 1. The Bertz CT molecular complexity index is 556. The van der Waals surface area contributed by atoms with Crippen LogP contribution in [0.15, 0.2) is 24.3 Å². The van der Waals surface area contributed by atoms with Gasteiger partial charge in [0.05, 0.1) is 12.2 Å². The van der Waals surface area contributed by atoms with Gasteiger partial charge in [-0.15, -0.1) is 0 Å². The molecule has 120 valence electrons. The van der Waals surface area contributed by atoms with Gasteiger partial charge < -0.3 is 4.74 Å². The van der Waals surface area contributed by atoms with Crippen molar-refractivity contribution in [2.45, 2.75) is 51.1 Å². The van der Waals surface area contributed by atoms with Gasteiger partial charge in [0.1, 0.15) is 11.9 Å². The summed E-state index contributed by atoms with van der Waals surface area (Å²) in [5.74, 6) is -0.194.